The van der Waals surface area contributed by atoms with Gasteiger partial charge in [-0.1, -0.05) is 23.7 Å². The predicted molar refractivity (Wildman–Crippen MR) is 98.8 cm³/mol. The van der Waals surface area contributed by atoms with Crippen LogP contribution in [0.1, 0.15) is 28.8 Å². The number of hydrogen-bond acceptors (Lipinski definition) is 3. The molecule has 1 heterocycles. The van der Waals surface area contributed by atoms with Gasteiger partial charge in [-0.25, -0.2) is 0 Å². The maximum atomic E-state index is 12.0. The minimum Gasteiger partial charge on any atom is -0.312 e. The third-order valence-corrected chi connectivity index (χ3v) is 4.36. The van der Waals surface area contributed by atoms with E-state index in [4.69, 9.17) is 11.6 Å². The summed E-state index contributed by atoms with van der Waals surface area (Å²) in [5, 5.41) is 0.532. The highest BCUT2D eigenvalue weighted by molar-refractivity contribution is 6.30. The number of hydrogen-bond donors (Lipinski definition) is 2. The van der Waals surface area contributed by atoms with Gasteiger partial charge in [-0.05, 0) is 48.4 Å². The highest BCUT2D eigenvalue weighted by atomic mass is 35.5. The fourth-order valence-corrected chi connectivity index (χ4v) is 2.87. The molecule has 6 nitrogen and oxygen atoms in total. The number of carbonyl (C=O) groups excluding carboxylic acids is 3. The van der Waals surface area contributed by atoms with Gasteiger partial charge in [-0.15, -0.1) is 0 Å². The van der Waals surface area contributed by atoms with Crippen LogP contribution >= 0.6 is 11.6 Å². The van der Waals surface area contributed by atoms with Crippen molar-refractivity contribution < 1.29 is 14.4 Å². The Morgan fingerprint density at radius 2 is 1.69 bits per heavy atom. The first-order valence-electron chi connectivity index (χ1n) is 8.27. The summed E-state index contributed by atoms with van der Waals surface area (Å²) in [7, 11) is 0. The third kappa shape index (κ3) is 4.40. The first-order chi connectivity index (χ1) is 12.5. The van der Waals surface area contributed by atoms with Gasteiger partial charge in [0, 0.05) is 29.2 Å². The number of hydrazine groups is 1. The second-order valence-corrected chi connectivity index (χ2v) is 6.44. The van der Waals surface area contributed by atoms with Crippen LogP contribution in [0.4, 0.5) is 5.69 Å². The molecule has 2 N–H and O–H groups in total. The SMILES string of the molecule is O=C(Cc1ccc(N2CCCC2=O)cc1)NNC(=O)c1ccc(Cl)cc1. The molecule has 2 aromatic carbocycles. The van der Waals surface area contributed by atoms with Crippen LogP contribution in [0, 0.1) is 0 Å². The largest absolute Gasteiger partial charge is 0.312 e. The molecule has 26 heavy (non-hydrogen) atoms. The van der Waals surface area contributed by atoms with E-state index in [0.29, 0.717) is 17.0 Å². The molecular weight excluding hydrogens is 354 g/mol. The van der Waals surface area contributed by atoms with Gasteiger partial charge < -0.3 is 4.90 Å². The Morgan fingerprint density at radius 3 is 2.31 bits per heavy atom. The van der Waals surface area contributed by atoms with Crippen LogP contribution in [-0.2, 0) is 16.0 Å². The summed E-state index contributed by atoms with van der Waals surface area (Å²) in [6.07, 6.45) is 1.57. The van der Waals surface area contributed by atoms with E-state index in [2.05, 4.69) is 10.9 Å². The van der Waals surface area contributed by atoms with Crippen LogP contribution in [-0.4, -0.2) is 24.3 Å². The summed E-state index contributed by atoms with van der Waals surface area (Å²) in [6.45, 7) is 0.732. The van der Waals surface area contributed by atoms with Crippen LogP contribution in [0.25, 0.3) is 0 Å². The zero-order valence-electron chi connectivity index (χ0n) is 14.0. The molecule has 1 aliphatic rings. The summed E-state index contributed by atoms with van der Waals surface area (Å²) < 4.78 is 0. The summed E-state index contributed by atoms with van der Waals surface area (Å²) in [5.74, 6) is -0.629. The van der Waals surface area contributed by atoms with Crippen molar-refractivity contribution in [3.63, 3.8) is 0 Å². The average molecular weight is 372 g/mol. The van der Waals surface area contributed by atoms with Crippen LogP contribution in [0.2, 0.25) is 5.02 Å². The Hall–Kier alpha value is -2.86. The first kappa shape index (κ1) is 17.9. The van der Waals surface area contributed by atoms with Crippen molar-refractivity contribution in [2.24, 2.45) is 0 Å². The lowest BCUT2D eigenvalue weighted by Gasteiger charge is -2.15. The predicted octanol–water partition coefficient (Wildman–Crippen LogP) is 2.47. The maximum absolute atomic E-state index is 12.0. The standard InChI is InChI=1S/C19H18ClN3O3/c20-15-7-5-14(6-8-15)19(26)22-21-17(24)12-13-3-9-16(10-4-13)23-11-1-2-18(23)25/h3-10H,1-2,11-12H2,(H,21,24)(H,22,26). The van der Waals surface area contributed by atoms with Crippen molar-refractivity contribution in [2.75, 3.05) is 11.4 Å². The Labute approximate surface area is 156 Å². The third-order valence-electron chi connectivity index (χ3n) is 4.11. The molecule has 1 fully saturated rings. The fraction of sp³-hybridized carbons (Fsp3) is 0.211. The van der Waals surface area contributed by atoms with E-state index in [1.165, 1.54) is 0 Å². The molecule has 0 aromatic heterocycles. The van der Waals surface area contributed by atoms with E-state index in [0.717, 1.165) is 24.2 Å². The first-order valence-corrected chi connectivity index (χ1v) is 8.65. The Bertz CT molecular complexity index is 819. The normalized spacial score (nSPS) is 13.6. The quantitative estimate of drug-likeness (QED) is 0.810. The lowest BCUT2D eigenvalue weighted by atomic mass is 10.1. The molecule has 1 saturated heterocycles. The number of rotatable bonds is 4. The molecule has 0 spiro atoms. The van der Waals surface area contributed by atoms with E-state index < -0.39 is 5.91 Å². The summed E-state index contributed by atoms with van der Waals surface area (Å²) >= 11 is 5.77. The van der Waals surface area contributed by atoms with Gasteiger partial charge in [0.05, 0.1) is 6.42 Å². The number of carbonyl (C=O) groups is 3. The van der Waals surface area contributed by atoms with Gasteiger partial charge in [0.15, 0.2) is 0 Å². The molecule has 3 amide bonds. The molecule has 7 heteroatoms. The highest BCUT2D eigenvalue weighted by Gasteiger charge is 2.21. The van der Waals surface area contributed by atoms with E-state index >= 15 is 0 Å². The van der Waals surface area contributed by atoms with Crippen LogP contribution < -0.4 is 15.8 Å². The molecule has 0 unspecified atom stereocenters. The minimum absolute atomic E-state index is 0.120. The van der Waals surface area contributed by atoms with Gasteiger partial charge in [-0.3, -0.25) is 25.2 Å². The lowest BCUT2D eigenvalue weighted by Crippen LogP contribution is -2.42. The van der Waals surface area contributed by atoms with Crippen LogP contribution in [0.15, 0.2) is 48.5 Å². The fourth-order valence-electron chi connectivity index (χ4n) is 2.74. The maximum Gasteiger partial charge on any atom is 0.269 e. The van der Waals surface area contributed by atoms with Gasteiger partial charge in [0.2, 0.25) is 11.8 Å². The number of nitrogens with one attached hydrogen (secondary N) is 2. The minimum atomic E-state index is -0.419. The van der Waals surface area contributed by atoms with Gasteiger partial charge in [-0.2, -0.15) is 0 Å². The molecule has 0 bridgehead atoms. The second kappa shape index (κ2) is 8.01. The number of anilines is 1. The summed E-state index contributed by atoms with van der Waals surface area (Å²) in [4.78, 5) is 37.4. The number of amides is 3. The highest BCUT2D eigenvalue weighted by Crippen LogP contribution is 2.21. The van der Waals surface area contributed by atoms with Crippen molar-refractivity contribution >= 4 is 35.0 Å². The molecular formula is C19H18ClN3O3. The molecule has 134 valence electrons. The summed E-state index contributed by atoms with van der Waals surface area (Å²) in [6, 6.07) is 13.6. The molecule has 0 atom stereocenters. The van der Waals surface area contributed by atoms with E-state index in [9.17, 15) is 14.4 Å². The number of halogens is 1. The lowest BCUT2D eigenvalue weighted by molar-refractivity contribution is -0.121. The van der Waals surface area contributed by atoms with Crippen molar-refractivity contribution in [1.29, 1.82) is 0 Å². The van der Waals surface area contributed by atoms with Gasteiger partial charge in [0.1, 0.15) is 0 Å². The smallest absolute Gasteiger partial charge is 0.269 e. The Balaban J connectivity index is 1.50. The van der Waals surface area contributed by atoms with Crippen LogP contribution in [0.5, 0.6) is 0 Å². The monoisotopic (exact) mass is 371 g/mol. The molecule has 0 radical (unpaired) electrons. The van der Waals surface area contributed by atoms with Crippen molar-refractivity contribution in [2.45, 2.75) is 19.3 Å². The topological polar surface area (TPSA) is 78.5 Å². The molecule has 0 saturated carbocycles. The summed E-state index contributed by atoms with van der Waals surface area (Å²) in [5.41, 5.74) is 6.78. The van der Waals surface area contributed by atoms with E-state index in [-0.39, 0.29) is 18.2 Å². The van der Waals surface area contributed by atoms with Gasteiger partial charge >= 0.3 is 0 Å². The zero-order chi connectivity index (χ0) is 18.5. The number of nitrogens with zero attached hydrogens (tertiary/aromatic N) is 1. The second-order valence-electron chi connectivity index (χ2n) is 6.00. The van der Waals surface area contributed by atoms with Crippen molar-refractivity contribution in [3.8, 4) is 0 Å². The van der Waals surface area contributed by atoms with Gasteiger partial charge in [0.25, 0.3) is 5.91 Å². The van der Waals surface area contributed by atoms with E-state index in [1.54, 1.807) is 29.2 Å². The molecule has 2 aromatic rings. The van der Waals surface area contributed by atoms with Crippen LogP contribution in [0.3, 0.4) is 0 Å². The van der Waals surface area contributed by atoms with E-state index in [1.807, 2.05) is 24.3 Å². The van der Waals surface area contributed by atoms with Crippen molar-refractivity contribution in [3.05, 3.63) is 64.7 Å². The Morgan fingerprint density at radius 1 is 1.00 bits per heavy atom. The Kier molecular flexibility index (Phi) is 5.53. The number of benzene rings is 2. The zero-order valence-corrected chi connectivity index (χ0v) is 14.8. The van der Waals surface area contributed by atoms with Crippen molar-refractivity contribution in [1.82, 2.24) is 10.9 Å². The average Bonchev–Trinajstić information content (AvgIpc) is 3.07. The molecule has 1 aliphatic heterocycles. The molecule has 0 aliphatic carbocycles. The molecule has 3 rings (SSSR count).